The third-order valence-corrected chi connectivity index (χ3v) is 7.45. The van der Waals surface area contributed by atoms with E-state index in [1.807, 2.05) is 20.8 Å². The van der Waals surface area contributed by atoms with Crippen molar-refractivity contribution >= 4 is 11.9 Å². The molecule has 0 unspecified atom stereocenters. The Morgan fingerprint density at radius 1 is 1.23 bits per heavy atom. The number of hydrogen-bond acceptors (Lipinski definition) is 5. The number of fused-ring (bicyclic) bond motifs is 1. The summed E-state index contributed by atoms with van der Waals surface area (Å²) in [5, 5.41) is 29.0. The lowest BCUT2D eigenvalue weighted by Crippen LogP contribution is -2.42. The number of ether oxygens (including phenoxy) is 1. The monoisotopic (exact) mass is 436 g/mol. The largest absolute Gasteiger partial charge is 0.481 e. The van der Waals surface area contributed by atoms with Crippen molar-refractivity contribution in [3.05, 3.63) is 23.8 Å². The normalized spacial score (nSPS) is 27.7. The van der Waals surface area contributed by atoms with Crippen LogP contribution in [0.3, 0.4) is 0 Å². The number of hydrogen-bond donors (Lipinski definition) is 3. The van der Waals surface area contributed by atoms with Crippen LogP contribution in [-0.4, -0.2) is 45.6 Å². The molecule has 0 spiro atoms. The van der Waals surface area contributed by atoms with Gasteiger partial charge in [-0.2, -0.15) is 0 Å². The van der Waals surface area contributed by atoms with E-state index in [1.54, 1.807) is 0 Å². The van der Waals surface area contributed by atoms with E-state index >= 15 is 0 Å². The van der Waals surface area contributed by atoms with Crippen molar-refractivity contribution in [1.82, 2.24) is 0 Å². The zero-order chi connectivity index (χ0) is 23.2. The Morgan fingerprint density at radius 3 is 2.52 bits per heavy atom. The average Bonchev–Trinajstić information content (AvgIpc) is 2.71. The summed E-state index contributed by atoms with van der Waals surface area (Å²) in [5.41, 5.74) is 0.742. The minimum Gasteiger partial charge on any atom is -0.481 e. The summed E-state index contributed by atoms with van der Waals surface area (Å²) < 4.78 is 6.12. The summed E-state index contributed by atoms with van der Waals surface area (Å²) >= 11 is 0. The van der Waals surface area contributed by atoms with E-state index in [-0.39, 0.29) is 42.7 Å². The van der Waals surface area contributed by atoms with Gasteiger partial charge in [-0.1, -0.05) is 39.0 Å². The highest BCUT2D eigenvalue weighted by molar-refractivity contribution is 5.76. The highest BCUT2D eigenvalue weighted by atomic mass is 16.5. The Bertz CT molecular complexity index is 677. The minimum absolute atomic E-state index is 0.0559. The number of aliphatic carboxylic acids is 1. The molecule has 0 fully saturated rings. The molecule has 6 atom stereocenters. The lowest BCUT2D eigenvalue weighted by Gasteiger charge is -2.42. The van der Waals surface area contributed by atoms with E-state index in [2.05, 4.69) is 25.2 Å². The van der Waals surface area contributed by atoms with Crippen LogP contribution in [0.2, 0.25) is 0 Å². The third kappa shape index (κ3) is 6.66. The Hall–Kier alpha value is -1.66. The number of carbonyl (C=O) groups excluding carboxylic acids is 1. The van der Waals surface area contributed by atoms with Crippen LogP contribution in [0.1, 0.15) is 79.1 Å². The summed E-state index contributed by atoms with van der Waals surface area (Å²) in [6, 6.07) is 0. The predicted octanol–water partition coefficient (Wildman–Crippen LogP) is 4.25. The fraction of sp³-hybridized carbons (Fsp3) is 0.760. The Labute approximate surface area is 186 Å². The molecule has 0 aromatic heterocycles. The van der Waals surface area contributed by atoms with Crippen molar-refractivity contribution in [3.8, 4) is 0 Å². The van der Waals surface area contributed by atoms with Crippen LogP contribution in [0.4, 0.5) is 0 Å². The molecule has 6 nitrogen and oxygen atoms in total. The van der Waals surface area contributed by atoms with Gasteiger partial charge in [-0.15, -0.1) is 0 Å². The summed E-state index contributed by atoms with van der Waals surface area (Å²) in [6.45, 7) is 8.16. The first kappa shape index (κ1) is 25.6. The maximum absolute atomic E-state index is 13.0. The van der Waals surface area contributed by atoms with Gasteiger partial charge in [0.2, 0.25) is 0 Å². The van der Waals surface area contributed by atoms with Crippen LogP contribution >= 0.6 is 0 Å². The van der Waals surface area contributed by atoms with Gasteiger partial charge in [-0.3, -0.25) is 9.59 Å². The highest BCUT2D eigenvalue weighted by Gasteiger charge is 2.42. The first-order valence-electron chi connectivity index (χ1n) is 11.8. The number of aliphatic hydroxyl groups excluding tert-OH is 2. The van der Waals surface area contributed by atoms with Crippen LogP contribution < -0.4 is 0 Å². The summed E-state index contributed by atoms with van der Waals surface area (Å²) in [7, 11) is 0. The molecule has 3 N–H and O–H groups in total. The molecule has 0 saturated carbocycles. The van der Waals surface area contributed by atoms with Crippen molar-refractivity contribution in [2.45, 2.75) is 97.4 Å². The van der Waals surface area contributed by atoms with Crippen LogP contribution in [0, 0.1) is 23.2 Å². The molecule has 31 heavy (non-hydrogen) atoms. The van der Waals surface area contributed by atoms with E-state index < -0.39 is 23.6 Å². The zero-order valence-corrected chi connectivity index (χ0v) is 19.4. The molecule has 0 aromatic carbocycles. The second kappa shape index (κ2) is 11.3. The number of carboxylic acid groups (broad SMARTS) is 1. The molecule has 0 heterocycles. The molecule has 0 aromatic rings. The summed E-state index contributed by atoms with van der Waals surface area (Å²) in [5.74, 6) is -0.594. The van der Waals surface area contributed by atoms with E-state index in [9.17, 15) is 19.8 Å². The van der Waals surface area contributed by atoms with Gasteiger partial charge in [-0.25, -0.2) is 0 Å². The first-order chi connectivity index (χ1) is 14.6. The zero-order valence-electron chi connectivity index (χ0n) is 19.4. The van der Waals surface area contributed by atoms with E-state index in [0.717, 1.165) is 32.1 Å². The molecule has 0 aliphatic heterocycles. The maximum Gasteiger partial charge on any atom is 0.312 e. The number of carboxylic acids is 1. The number of carbonyl (C=O) groups is 2. The second-order valence-electron chi connectivity index (χ2n) is 9.62. The fourth-order valence-corrected chi connectivity index (χ4v) is 4.87. The summed E-state index contributed by atoms with van der Waals surface area (Å²) in [4.78, 5) is 23.7. The van der Waals surface area contributed by atoms with Gasteiger partial charge in [0, 0.05) is 5.92 Å². The lowest BCUT2D eigenvalue weighted by molar-refractivity contribution is -0.165. The van der Waals surface area contributed by atoms with E-state index in [1.165, 1.54) is 5.57 Å². The van der Waals surface area contributed by atoms with Crippen molar-refractivity contribution in [3.63, 3.8) is 0 Å². The van der Waals surface area contributed by atoms with Crippen molar-refractivity contribution in [2.24, 2.45) is 23.2 Å². The molecule has 176 valence electrons. The number of rotatable bonds is 11. The lowest BCUT2D eigenvalue weighted by atomic mass is 9.66. The second-order valence-corrected chi connectivity index (χ2v) is 9.62. The molecule has 2 rings (SSSR count). The minimum atomic E-state index is -1.07. The Balaban J connectivity index is 2.08. The SMILES string of the molecule is CCC(C)(CC)C(=O)O[C@H]1CCC=C2C=C[C@@H](C)[C@H](CC[C@@H](O)C[C@@H](O)CC(=O)O)[C@H]21. The quantitative estimate of drug-likeness (QED) is 0.418. The predicted molar refractivity (Wildman–Crippen MR) is 119 cm³/mol. The van der Waals surface area contributed by atoms with Crippen molar-refractivity contribution in [1.29, 1.82) is 0 Å². The molecule has 6 heteroatoms. The van der Waals surface area contributed by atoms with Crippen LogP contribution in [-0.2, 0) is 14.3 Å². The van der Waals surface area contributed by atoms with Gasteiger partial charge >= 0.3 is 11.9 Å². The van der Waals surface area contributed by atoms with Gasteiger partial charge < -0.3 is 20.1 Å². The molecule has 0 radical (unpaired) electrons. The Kier molecular flexibility index (Phi) is 9.31. The van der Waals surface area contributed by atoms with Gasteiger partial charge in [0.25, 0.3) is 0 Å². The van der Waals surface area contributed by atoms with Gasteiger partial charge in [-0.05, 0) is 69.3 Å². The standard InChI is InChI=1S/C25H40O6/c1-5-25(4,6-2)24(30)31-21-9-7-8-17-11-10-16(3)20(23(17)21)13-12-18(26)14-19(27)15-22(28)29/h8,10-11,16,18-21,23,26-27H,5-7,9,12-15H2,1-4H3,(H,28,29)/t16-,18-,19-,20+,21+,23+/m1/s1. The molecule has 0 saturated heterocycles. The molecular formula is C25H40O6. The third-order valence-electron chi connectivity index (χ3n) is 7.45. The number of esters is 1. The maximum atomic E-state index is 13.0. The first-order valence-corrected chi connectivity index (χ1v) is 11.8. The molecule has 2 aliphatic carbocycles. The topological polar surface area (TPSA) is 104 Å². The highest BCUT2D eigenvalue weighted by Crippen LogP contribution is 2.44. The van der Waals surface area contributed by atoms with Crippen molar-refractivity contribution < 1.29 is 29.6 Å². The van der Waals surface area contributed by atoms with Crippen LogP contribution in [0.25, 0.3) is 0 Å². The van der Waals surface area contributed by atoms with Crippen LogP contribution in [0.5, 0.6) is 0 Å². The number of aliphatic hydroxyl groups is 2. The van der Waals surface area contributed by atoms with Gasteiger partial charge in [0.1, 0.15) is 6.10 Å². The average molecular weight is 437 g/mol. The molecular weight excluding hydrogens is 396 g/mol. The summed E-state index contributed by atoms with van der Waals surface area (Å²) in [6.07, 6.45) is 8.67. The van der Waals surface area contributed by atoms with Crippen LogP contribution in [0.15, 0.2) is 23.8 Å². The van der Waals surface area contributed by atoms with Gasteiger partial charge in [0.15, 0.2) is 0 Å². The fourth-order valence-electron chi connectivity index (χ4n) is 4.87. The Morgan fingerprint density at radius 2 is 1.90 bits per heavy atom. The van der Waals surface area contributed by atoms with Crippen molar-refractivity contribution in [2.75, 3.05) is 0 Å². The molecule has 0 bridgehead atoms. The number of allylic oxidation sites excluding steroid dienone is 3. The molecule has 0 amide bonds. The molecule has 2 aliphatic rings. The van der Waals surface area contributed by atoms with Gasteiger partial charge in [0.05, 0.1) is 24.0 Å². The smallest absolute Gasteiger partial charge is 0.312 e. The van der Waals surface area contributed by atoms with E-state index in [0.29, 0.717) is 6.42 Å². The van der Waals surface area contributed by atoms with E-state index in [4.69, 9.17) is 9.84 Å².